The molecular formula is C23H47NO. The van der Waals surface area contributed by atoms with Crippen molar-refractivity contribution in [3.05, 3.63) is 0 Å². The second-order valence-electron chi connectivity index (χ2n) is 7.95. The zero-order valence-electron chi connectivity index (χ0n) is 17.7. The molecule has 1 N–H and O–H groups in total. The second kappa shape index (κ2) is 18.3. The van der Waals surface area contributed by atoms with Crippen molar-refractivity contribution in [1.29, 1.82) is 0 Å². The first-order chi connectivity index (χ1) is 12.2. The molecule has 0 spiro atoms. The molecule has 0 aliphatic heterocycles. The number of hydrogen-bond acceptors (Lipinski definition) is 1. The number of carbonyl (C=O) groups excluding carboxylic acids is 1. The summed E-state index contributed by atoms with van der Waals surface area (Å²) in [5, 5.41) is 3.06. The van der Waals surface area contributed by atoms with Crippen LogP contribution in [0, 0.1) is 0 Å². The van der Waals surface area contributed by atoms with Crippen LogP contribution in [0.1, 0.15) is 136 Å². The third kappa shape index (κ3) is 14.3. The van der Waals surface area contributed by atoms with Crippen molar-refractivity contribution >= 4 is 6.41 Å². The Hall–Kier alpha value is -0.530. The van der Waals surface area contributed by atoms with E-state index in [2.05, 4.69) is 26.1 Å². The maximum Gasteiger partial charge on any atom is 0.207 e. The van der Waals surface area contributed by atoms with E-state index in [0.29, 0.717) is 0 Å². The van der Waals surface area contributed by atoms with Crippen LogP contribution in [-0.2, 0) is 4.79 Å². The quantitative estimate of drug-likeness (QED) is 0.178. The smallest absolute Gasteiger partial charge is 0.207 e. The average molecular weight is 354 g/mol. The highest BCUT2D eigenvalue weighted by Crippen LogP contribution is 2.23. The summed E-state index contributed by atoms with van der Waals surface area (Å²) in [5.41, 5.74) is 0.0539. The minimum Gasteiger partial charge on any atom is -0.353 e. The topological polar surface area (TPSA) is 29.1 Å². The SMILES string of the molecule is CCCCCCCCCCCCCCCCCC(CC)(CC)NC=O. The molecule has 0 fully saturated rings. The highest BCUT2D eigenvalue weighted by atomic mass is 16.1. The summed E-state index contributed by atoms with van der Waals surface area (Å²) in [6.45, 7) is 6.66. The van der Waals surface area contributed by atoms with E-state index in [1.807, 2.05) is 0 Å². The van der Waals surface area contributed by atoms with Crippen LogP contribution in [-0.4, -0.2) is 11.9 Å². The van der Waals surface area contributed by atoms with Gasteiger partial charge in [-0.25, -0.2) is 0 Å². The summed E-state index contributed by atoms with van der Waals surface area (Å²) >= 11 is 0. The van der Waals surface area contributed by atoms with Crippen LogP contribution < -0.4 is 5.32 Å². The highest BCUT2D eigenvalue weighted by Gasteiger charge is 2.23. The molecule has 0 unspecified atom stereocenters. The molecule has 0 aromatic rings. The highest BCUT2D eigenvalue weighted by molar-refractivity contribution is 5.47. The van der Waals surface area contributed by atoms with Crippen LogP contribution in [0.5, 0.6) is 0 Å². The molecule has 0 atom stereocenters. The third-order valence-corrected chi connectivity index (χ3v) is 5.98. The van der Waals surface area contributed by atoms with Crippen LogP contribution >= 0.6 is 0 Å². The molecule has 0 aromatic heterocycles. The minimum atomic E-state index is 0.0539. The fraction of sp³-hybridized carbons (Fsp3) is 0.957. The summed E-state index contributed by atoms with van der Waals surface area (Å²) in [5.74, 6) is 0. The third-order valence-electron chi connectivity index (χ3n) is 5.98. The van der Waals surface area contributed by atoms with Crippen molar-refractivity contribution in [2.75, 3.05) is 0 Å². The number of unbranched alkanes of at least 4 members (excludes halogenated alkanes) is 14. The molecule has 0 saturated heterocycles. The van der Waals surface area contributed by atoms with Gasteiger partial charge in [0.15, 0.2) is 0 Å². The van der Waals surface area contributed by atoms with Crippen LogP contribution in [0.15, 0.2) is 0 Å². The Bertz CT molecular complexity index is 273. The molecule has 0 rings (SSSR count). The van der Waals surface area contributed by atoms with Crippen molar-refractivity contribution in [1.82, 2.24) is 5.32 Å². The molecule has 0 aliphatic carbocycles. The van der Waals surface area contributed by atoms with E-state index >= 15 is 0 Å². The van der Waals surface area contributed by atoms with Gasteiger partial charge in [0, 0.05) is 5.54 Å². The van der Waals surface area contributed by atoms with Gasteiger partial charge in [0.25, 0.3) is 0 Å². The molecule has 2 nitrogen and oxygen atoms in total. The first-order valence-electron chi connectivity index (χ1n) is 11.5. The number of hydrogen-bond donors (Lipinski definition) is 1. The van der Waals surface area contributed by atoms with Crippen LogP contribution in [0.25, 0.3) is 0 Å². The van der Waals surface area contributed by atoms with Gasteiger partial charge in [0.2, 0.25) is 6.41 Å². The lowest BCUT2D eigenvalue weighted by Crippen LogP contribution is -2.43. The Morgan fingerprint density at radius 2 is 0.960 bits per heavy atom. The van der Waals surface area contributed by atoms with Crippen molar-refractivity contribution in [2.24, 2.45) is 0 Å². The van der Waals surface area contributed by atoms with Gasteiger partial charge in [-0.3, -0.25) is 4.79 Å². The number of rotatable bonds is 20. The lowest BCUT2D eigenvalue weighted by molar-refractivity contribution is -0.111. The lowest BCUT2D eigenvalue weighted by atomic mass is 9.87. The fourth-order valence-corrected chi connectivity index (χ4v) is 3.84. The molecule has 0 heterocycles. The Balaban J connectivity index is 3.32. The van der Waals surface area contributed by atoms with E-state index in [0.717, 1.165) is 25.7 Å². The van der Waals surface area contributed by atoms with Crippen LogP contribution in [0.3, 0.4) is 0 Å². The molecular weight excluding hydrogens is 306 g/mol. The van der Waals surface area contributed by atoms with Gasteiger partial charge in [-0.2, -0.15) is 0 Å². The van der Waals surface area contributed by atoms with Gasteiger partial charge in [0.1, 0.15) is 0 Å². The molecule has 0 bridgehead atoms. The maximum absolute atomic E-state index is 10.8. The predicted octanol–water partition coefficient (Wildman–Crippen LogP) is 7.55. The van der Waals surface area contributed by atoms with Gasteiger partial charge >= 0.3 is 0 Å². The van der Waals surface area contributed by atoms with Gasteiger partial charge < -0.3 is 5.32 Å². The zero-order chi connectivity index (χ0) is 18.6. The van der Waals surface area contributed by atoms with Gasteiger partial charge in [-0.15, -0.1) is 0 Å². The summed E-state index contributed by atoms with van der Waals surface area (Å²) < 4.78 is 0. The normalized spacial score (nSPS) is 11.6. The Kier molecular flexibility index (Phi) is 17.9. The summed E-state index contributed by atoms with van der Waals surface area (Å²) in [6, 6.07) is 0. The van der Waals surface area contributed by atoms with E-state index in [1.54, 1.807) is 0 Å². The monoisotopic (exact) mass is 353 g/mol. The van der Waals surface area contributed by atoms with Gasteiger partial charge in [-0.05, 0) is 19.3 Å². The molecule has 2 heteroatoms. The van der Waals surface area contributed by atoms with Crippen molar-refractivity contribution in [3.63, 3.8) is 0 Å². The standard InChI is InChI=1S/C23H47NO/c1-4-7-8-9-10-11-12-13-14-15-16-17-18-19-20-21-23(5-2,6-3)24-22-25/h22H,4-21H2,1-3H3,(H,24,25). The van der Waals surface area contributed by atoms with Crippen LogP contribution in [0.4, 0.5) is 0 Å². The largest absolute Gasteiger partial charge is 0.353 e. The molecule has 150 valence electrons. The van der Waals surface area contributed by atoms with Crippen molar-refractivity contribution < 1.29 is 4.79 Å². The van der Waals surface area contributed by atoms with E-state index in [1.165, 1.54) is 96.3 Å². The Morgan fingerprint density at radius 3 is 1.28 bits per heavy atom. The fourth-order valence-electron chi connectivity index (χ4n) is 3.84. The van der Waals surface area contributed by atoms with E-state index in [4.69, 9.17) is 0 Å². The Labute approximate surface area is 158 Å². The molecule has 1 amide bonds. The zero-order valence-corrected chi connectivity index (χ0v) is 17.7. The van der Waals surface area contributed by atoms with Gasteiger partial charge in [0.05, 0.1) is 0 Å². The van der Waals surface area contributed by atoms with E-state index in [-0.39, 0.29) is 5.54 Å². The molecule has 0 aliphatic rings. The summed E-state index contributed by atoms with van der Waals surface area (Å²) in [4.78, 5) is 10.8. The lowest BCUT2D eigenvalue weighted by Gasteiger charge is -2.31. The number of nitrogens with one attached hydrogen (secondary N) is 1. The second-order valence-corrected chi connectivity index (χ2v) is 7.95. The summed E-state index contributed by atoms with van der Waals surface area (Å²) in [6.07, 6.45) is 25.2. The van der Waals surface area contributed by atoms with E-state index in [9.17, 15) is 4.79 Å². The number of carbonyl (C=O) groups is 1. The Morgan fingerprint density at radius 1 is 0.600 bits per heavy atom. The minimum absolute atomic E-state index is 0.0539. The van der Waals surface area contributed by atoms with Gasteiger partial charge in [-0.1, -0.05) is 117 Å². The predicted molar refractivity (Wildman–Crippen MR) is 112 cm³/mol. The van der Waals surface area contributed by atoms with E-state index < -0.39 is 0 Å². The van der Waals surface area contributed by atoms with Crippen LogP contribution in [0.2, 0.25) is 0 Å². The maximum atomic E-state index is 10.8. The number of amides is 1. The first kappa shape index (κ1) is 24.5. The molecule has 0 aromatic carbocycles. The van der Waals surface area contributed by atoms with Crippen molar-refractivity contribution in [3.8, 4) is 0 Å². The molecule has 0 radical (unpaired) electrons. The summed E-state index contributed by atoms with van der Waals surface area (Å²) in [7, 11) is 0. The molecule has 25 heavy (non-hydrogen) atoms. The first-order valence-corrected chi connectivity index (χ1v) is 11.5. The average Bonchev–Trinajstić information content (AvgIpc) is 2.64. The molecule has 0 saturated carbocycles. The van der Waals surface area contributed by atoms with Crippen molar-refractivity contribution in [2.45, 2.75) is 142 Å².